The normalized spacial score (nSPS) is 10.9. The Morgan fingerprint density at radius 1 is 1.14 bits per heavy atom. The van der Waals surface area contributed by atoms with Crippen molar-refractivity contribution >= 4 is 28.1 Å². The molecule has 0 saturated heterocycles. The van der Waals surface area contributed by atoms with Crippen LogP contribution in [0.15, 0.2) is 42.7 Å². The molecule has 0 aliphatic rings. The first-order valence-electron chi connectivity index (χ1n) is 6.94. The molecule has 4 nitrogen and oxygen atoms in total. The molecule has 0 atom stereocenters. The zero-order chi connectivity index (χ0) is 15.5. The third-order valence-electron chi connectivity index (χ3n) is 2.94. The van der Waals surface area contributed by atoms with Gasteiger partial charge in [0.1, 0.15) is 0 Å². The molecule has 3 rings (SSSR count). The molecular weight excluding hydrogens is 316 g/mol. The lowest BCUT2D eigenvalue weighted by Crippen LogP contribution is -2.08. The van der Waals surface area contributed by atoms with Crippen LogP contribution in [0.25, 0.3) is 22.0 Å². The van der Waals surface area contributed by atoms with Crippen LogP contribution in [0.1, 0.15) is 13.8 Å². The number of halogens is 1. The number of nitrogens with one attached hydrogen (secondary N) is 1. The highest BCUT2D eigenvalue weighted by Gasteiger charge is 2.10. The Morgan fingerprint density at radius 2 is 1.95 bits per heavy atom. The fraction of sp³-hybridized carbons (Fsp3) is 0.188. The van der Waals surface area contributed by atoms with Crippen LogP contribution in [0, 0.1) is 0 Å². The van der Waals surface area contributed by atoms with Gasteiger partial charge < -0.3 is 5.32 Å². The summed E-state index contributed by atoms with van der Waals surface area (Å²) in [5, 5.41) is 4.83. The predicted molar refractivity (Wildman–Crippen MR) is 92.3 cm³/mol. The molecule has 0 aliphatic carbocycles. The number of nitrogens with zero attached hydrogens (tertiary/aromatic N) is 3. The Labute approximate surface area is 138 Å². The molecule has 0 fully saturated rings. The van der Waals surface area contributed by atoms with Gasteiger partial charge >= 0.3 is 0 Å². The van der Waals surface area contributed by atoms with Gasteiger partial charge in [-0.3, -0.25) is 0 Å². The van der Waals surface area contributed by atoms with E-state index in [0.29, 0.717) is 16.9 Å². The van der Waals surface area contributed by atoms with Crippen LogP contribution < -0.4 is 5.32 Å². The zero-order valence-corrected chi connectivity index (χ0v) is 13.8. The van der Waals surface area contributed by atoms with Crippen molar-refractivity contribution in [1.29, 1.82) is 0 Å². The second-order valence-corrected chi connectivity index (χ2v) is 6.51. The van der Waals surface area contributed by atoms with E-state index in [1.165, 1.54) is 0 Å². The van der Waals surface area contributed by atoms with Gasteiger partial charge in [-0.25, -0.2) is 15.0 Å². The molecule has 0 unspecified atom stereocenters. The maximum atomic E-state index is 6.22. The van der Waals surface area contributed by atoms with Crippen LogP contribution in [0.4, 0.5) is 5.13 Å². The minimum absolute atomic E-state index is 0.350. The van der Waals surface area contributed by atoms with Gasteiger partial charge in [0, 0.05) is 24.0 Å². The molecule has 22 heavy (non-hydrogen) atoms. The van der Waals surface area contributed by atoms with Crippen LogP contribution >= 0.6 is 22.9 Å². The number of anilines is 1. The number of hydrogen-bond acceptors (Lipinski definition) is 5. The molecular formula is C16H15ClN4S. The van der Waals surface area contributed by atoms with Gasteiger partial charge in [0.25, 0.3) is 0 Å². The minimum Gasteiger partial charge on any atom is -0.359 e. The van der Waals surface area contributed by atoms with E-state index < -0.39 is 0 Å². The Bertz CT molecular complexity index is 785. The first-order valence-corrected chi connectivity index (χ1v) is 8.13. The average Bonchev–Trinajstić information content (AvgIpc) is 2.95. The van der Waals surface area contributed by atoms with E-state index in [1.807, 2.05) is 36.5 Å². The summed E-state index contributed by atoms with van der Waals surface area (Å²) < 4.78 is 0. The van der Waals surface area contributed by atoms with E-state index in [4.69, 9.17) is 11.6 Å². The second-order valence-electron chi connectivity index (χ2n) is 5.07. The molecule has 1 N–H and O–H groups in total. The molecule has 6 heteroatoms. The number of aromatic nitrogens is 3. The van der Waals surface area contributed by atoms with Crippen molar-refractivity contribution in [3.8, 4) is 22.0 Å². The van der Waals surface area contributed by atoms with Gasteiger partial charge in [0.2, 0.25) is 0 Å². The molecule has 0 amide bonds. The van der Waals surface area contributed by atoms with Crippen LogP contribution in [0.5, 0.6) is 0 Å². The second kappa shape index (κ2) is 6.42. The maximum absolute atomic E-state index is 6.22. The third kappa shape index (κ3) is 3.26. The highest BCUT2D eigenvalue weighted by atomic mass is 35.5. The van der Waals surface area contributed by atoms with E-state index >= 15 is 0 Å². The van der Waals surface area contributed by atoms with Crippen molar-refractivity contribution < 1.29 is 0 Å². The Morgan fingerprint density at radius 3 is 2.73 bits per heavy atom. The van der Waals surface area contributed by atoms with Gasteiger partial charge in [-0.2, -0.15) is 0 Å². The van der Waals surface area contributed by atoms with E-state index in [9.17, 15) is 0 Å². The lowest BCUT2D eigenvalue weighted by molar-refractivity contribution is 0.896. The fourth-order valence-corrected chi connectivity index (χ4v) is 3.13. The topological polar surface area (TPSA) is 50.7 Å². The van der Waals surface area contributed by atoms with Crippen LogP contribution in [0.2, 0.25) is 5.02 Å². The first kappa shape index (κ1) is 14.9. The summed E-state index contributed by atoms with van der Waals surface area (Å²) in [4.78, 5) is 14.3. The highest BCUT2D eigenvalue weighted by molar-refractivity contribution is 7.18. The summed E-state index contributed by atoms with van der Waals surface area (Å²) >= 11 is 7.80. The van der Waals surface area contributed by atoms with Gasteiger partial charge in [-0.15, -0.1) is 0 Å². The van der Waals surface area contributed by atoms with Gasteiger partial charge in [0.05, 0.1) is 15.6 Å². The molecule has 0 radical (unpaired) electrons. The molecule has 0 spiro atoms. The summed E-state index contributed by atoms with van der Waals surface area (Å²) in [6, 6.07) is 9.80. The molecule has 112 valence electrons. The van der Waals surface area contributed by atoms with E-state index in [1.54, 1.807) is 17.5 Å². The Hall–Kier alpha value is -1.98. The van der Waals surface area contributed by atoms with Crippen molar-refractivity contribution in [2.45, 2.75) is 19.9 Å². The van der Waals surface area contributed by atoms with Crippen molar-refractivity contribution in [3.63, 3.8) is 0 Å². The summed E-state index contributed by atoms with van der Waals surface area (Å²) in [7, 11) is 0. The molecule has 1 aromatic carbocycles. The highest BCUT2D eigenvalue weighted by Crippen LogP contribution is 2.30. The van der Waals surface area contributed by atoms with Crippen molar-refractivity contribution in [3.05, 3.63) is 47.7 Å². The lowest BCUT2D eigenvalue weighted by Gasteiger charge is -2.05. The molecule has 0 bridgehead atoms. The lowest BCUT2D eigenvalue weighted by atomic mass is 10.2. The molecule has 3 aromatic rings. The smallest absolute Gasteiger partial charge is 0.183 e. The largest absolute Gasteiger partial charge is 0.359 e. The fourth-order valence-electron chi connectivity index (χ4n) is 1.97. The van der Waals surface area contributed by atoms with Crippen LogP contribution in [-0.2, 0) is 0 Å². The quantitative estimate of drug-likeness (QED) is 0.750. The third-order valence-corrected chi connectivity index (χ3v) is 4.22. The van der Waals surface area contributed by atoms with E-state index in [0.717, 1.165) is 21.3 Å². The number of hydrogen-bond donors (Lipinski definition) is 1. The van der Waals surface area contributed by atoms with E-state index in [-0.39, 0.29) is 0 Å². The molecule has 0 saturated carbocycles. The standard InChI is InChI=1S/C16H15ClN4S/c1-10(2)20-16-19-9-14(22-16)13-7-8-18-15(21-13)11-5-3-4-6-12(11)17/h3-10H,1-2H3,(H,19,20). The van der Waals surface area contributed by atoms with Crippen molar-refractivity contribution in [1.82, 2.24) is 15.0 Å². The summed E-state index contributed by atoms with van der Waals surface area (Å²) in [6.45, 7) is 4.17. The van der Waals surface area contributed by atoms with E-state index in [2.05, 4.69) is 34.1 Å². The Kier molecular flexibility index (Phi) is 4.36. The Balaban J connectivity index is 1.94. The monoisotopic (exact) mass is 330 g/mol. The summed E-state index contributed by atoms with van der Waals surface area (Å²) in [5.41, 5.74) is 1.68. The molecule has 2 aromatic heterocycles. The summed E-state index contributed by atoms with van der Waals surface area (Å²) in [6.07, 6.45) is 3.57. The maximum Gasteiger partial charge on any atom is 0.183 e. The van der Waals surface area contributed by atoms with Crippen LogP contribution in [0.3, 0.4) is 0 Å². The minimum atomic E-state index is 0.350. The van der Waals surface area contributed by atoms with Gasteiger partial charge in [-0.1, -0.05) is 35.1 Å². The number of benzene rings is 1. The SMILES string of the molecule is CC(C)Nc1ncc(-c2ccnc(-c3ccccc3Cl)n2)s1. The molecule has 2 heterocycles. The number of thiazole rings is 1. The zero-order valence-electron chi connectivity index (χ0n) is 12.2. The predicted octanol–water partition coefficient (Wildman–Crippen LogP) is 4.74. The van der Waals surface area contributed by atoms with Crippen LogP contribution in [-0.4, -0.2) is 21.0 Å². The summed E-state index contributed by atoms with van der Waals surface area (Å²) in [5.74, 6) is 0.620. The van der Waals surface area contributed by atoms with Gasteiger partial charge in [0.15, 0.2) is 11.0 Å². The first-order chi connectivity index (χ1) is 10.6. The molecule has 0 aliphatic heterocycles. The van der Waals surface area contributed by atoms with Crippen molar-refractivity contribution in [2.75, 3.05) is 5.32 Å². The van der Waals surface area contributed by atoms with Crippen molar-refractivity contribution in [2.24, 2.45) is 0 Å². The van der Waals surface area contributed by atoms with Gasteiger partial charge in [-0.05, 0) is 32.0 Å². The number of rotatable bonds is 4. The average molecular weight is 331 g/mol.